The van der Waals surface area contributed by atoms with E-state index in [0.29, 0.717) is 13.2 Å². The normalized spacial score (nSPS) is 21.0. The monoisotopic (exact) mass is 259 g/mol. The minimum Gasteiger partial charge on any atom is -0.252 e. The Hall–Kier alpha value is -0.160. The molecule has 1 saturated carbocycles. The molecule has 1 radical (unpaired) electrons. The van der Waals surface area contributed by atoms with Crippen LogP contribution in [0.5, 0.6) is 0 Å². The van der Waals surface area contributed by atoms with Crippen molar-refractivity contribution in [1.82, 2.24) is 0 Å². The highest BCUT2D eigenvalue weighted by molar-refractivity contribution is 5.05. The van der Waals surface area contributed by atoms with Gasteiger partial charge >= 0.3 is 0 Å². The molecule has 107 valence electrons. The molecule has 4 heteroatoms. The van der Waals surface area contributed by atoms with E-state index < -0.39 is 0 Å². The lowest BCUT2D eigenvalue weighted by molar-refractivity contribution is -0.300. The molecule has 0 amide bonds. The summed E-state index contributed by atoms with van der Waals surface area (Å²) in [7, 11) is 0. The van der Waals surface area contributed by atoms with Crippen molar-refractivity contribution in [2.24, 2.45) is 16.2 Å². The Morgan fingerprint density at radius 1 is 0.944 bits per heavy atom. The van der Waals surface area contributed by atoms with E-state index in [4.69, 9.17) is 10.5 Å². The van der Waals surface area contributed by atoms with Gasteiger partial charge < -0.3 is 0 Å². The van der Waals surface area contributed by atoms with Gasteiger partial charge in [-0.15, -0.1) is 0 Å². The molecule has 0 heterocycles. The average molecular weight is 259 g/mol. The van der Waals surface area contributed by atoms with Crippen LogP contribution in [0, 0.1) is 22.7 Å². The lowest BCUT2D eigenvalue weighted by Gasteiger charge is -2.57. The first-order valence-corrected chi connectivity index (χ1v) is 6.67. The maximum absolute atomic E-state index is 8.85. The smallest absolute Gasteiger partial charge is 0.0876 e. The molecular formula is C14H27O4. The standard InChI is InChI=1S/C14H27O4/c1-12(2,10-17-15)14(8-6-5-7-9-14)13(3,4)11-18-16/h5,15-16H,6-11H2,1-4H3. The van der Waals surface area contributed by atoms with Crippen LogP contribution in [-0.2, 0) is 9.78 Å². The molecule has 0 aromatic carbocycles. The molecular weight excluding hydrogens is 232 g/mol. The second-order valence-electron chi connectivity index (χ2n) is 6.76. The molecule has 0 aromatic heterocycles. The zero-order valence-corrected chi connectivity index (χ0v) is 12.0. The topological polar surface area (TPSA) is 58.9 Å². The van der Waals surface area contributed by atoms with Gasteiger partial charge in [0.05, 0.1) is 13.2 Å². The van der Waals surface area contributed by atoms with Gasteiger partial charge in [-0.1, -0.05) is 27.7 Å². The van der Waals surface area contributed by atoms with Crippen molar-refractivity contribution in [1.29, 1.82) is 0 Å². The molecule has 0 bridgehead atoms. The maximum Gasteiger partial charge on any atom is 0.0876 e. The van der Waals surface area contributed by atoms with Gasteiger partial charge in [-0.3, -0.25) is 10.5 Å². The summed E-state index contributed by atoms with van der Waals surface area (Å²) >= 11 is 0. The van der Waals surface area contributed by atoms with Gasteiger partial charge in [0.1, 0.15) is 0 Å². The summed E-state index contributed by atoms with van der Waals surface area (Å²) in [5.41, 5.74) is -0.393. The van der Waals surface area contributed by atoms with Gasteiger partial charge in [-0.25, -0.2) is 9.78 Å². The van der Waals surface area contributed by atoms with Crippen molar-refractivity contribution in [2.45, 2.75) is 53.4 Å². The van der Waals surface area contributed by atoms with E-state index in [1.165, 1.54) is 0 Å². The lowest BCUT2D eigenvalue weighted by Crippen LogP contribution is -2.53. The van der Waals surface area contributed by atoms with Crippen molar-refractivity contribution in [3.8, 4) is 0 Å². The number of hydrogen-bond donors (Lipinski definition) is 2. The Labute approximate surface area is 110 Å². The van der Waals surface area contributed by atoms with Crippen LogP contribution in [0.2, 0.25) is 0 Å². The van der Waals surface area contributed by atoms with Gasteiger partial charge in [0.2, 0.25) is 0 Å². The number of rotatable bonds is 6. The highest BCUT2D eigenvalue weighted by Gasteiger charge is 2.55. The Bertz CT molecular complexity index is 235. The molecule has 1 fully saturated rings. The lowest BCUT2D eigenvalue weighted by atomic mass is 9.48. The third-order valence-corrected chi connectivity index (χ3v) is 4.99. The van der Waals surface area contributed by atoms with Gasteiger partial charge in [0, 0.05) is 0 Å². The van der Waals surface area contributed by atoms with E-state index in [9.17, 15) is 0 Å². The largest absolute Gasteiger partial charge is 0.252 e. The molecule has 1 rings (SSSR count). The van der Waals surface area contributed by atoms with Crippen molar-refractivity contribution < 1.29 is 20.3 Å². The van der Waals surface area contributed by atoms with E-state index in [-0.39, 0.29) is 16.2 Å². The molecule has 4 nitrogen and oxygen atoms in total. The van der Waals surface area contributed by atoms with Gasteiger partial charge in [-0.05, 0) is 48.3 Å². The van der Waals surface area contributed by atoms with Crippen LogP contribution in [-0.4, -0.2) is 23.7 Å². The zero-order valence-electron chi connectivity index (χ0n) is 12.0. The summed E-state index contributed by atoms with van der Waals surface area (Å²) < 4.78 is 0. The third-order valence-electron chi connectivity index (χ3n) is 4.99. The van der Waals surface area contributed by atoms with Crippen molar-refractivity contribution in [3.63, 3.8) is 0 Å². The van der Waals surface area contributed by atoms with Crippen molar-refractivity contribution in [2.75, 3.05) is 13.2 Å². The summed E-state index contributed by atoms with van der Waals surface area (Å²) in [5, 5.41) is 17.7. The quantitative estimate of drug-likeness (QED) is 0.563. The fourth-order valence-electron chi connectivity index (χ4n) is 3.83. The molecule has 0 saturated heterocycles. The summed E-state index contributed by atoms with van der Waals surface area (Å²) in [5.74, 6) is 0. The predicted molar refractivity (Wildman–Crippen MR) is 69.9 cm³/mol. The van der Waals surface area contributed by atoms with Gasteiger partial charge in [0.25, 0.3) is 0 Å². The van der Waals surface area contributed by atoms with Crippen LogP contribution in [0.4, 0.5) is 0 Å². The second kappa shape index (κ2) is 5.87. The Balaban J connectivity index is 3.09. The van der Waals surface area contributed by atoms with Crippen LogP contribution in [0.1, 0.15) is 53.4 Å². The zero-order chi connectivity index (χ0) is 13.9. The summed E-state index contributed by atoms with van der Waals surface area (Å²) in [4.78, 5) is 8.89. The highest BCUT2D eigenvalue weighted by Crippen LogP contribution is 2.59. The SMILES string of the molecule is CC(C)(COO)C1(C(C)(C)COO)CC[CH]CC1. The molecule has 0 aliphatic heterocycles. The summed E-state index contributed by atoms with van der Waals surface area (Å²) in [6, 6.07) is 0. The molecule has 0 atom stereocenters. The molecule has 0 spiro atoms. The van der Waals surface area contributed by atoms with Crippen LogP contribution in [0.25, 0.3) is 0 Å². The summed E-state index contributed by atoms with van der Waals surface area (Å²) in [6.07, 6.45) is 6.48. The molecule has 0 aromatic rings. The molecule has 0 unspecified atom stereocenters. The van der Waals surface area contributed by atoms with Gasteiger partial charge in [-0.2, -0.15) is 0 Å². The van der Waals surface area contributed by atoms with Crippen molar-refractivity contribution >= 4 is 0 Å². The van der Waals surface area contributed by atoms with Crippen molar-refractivity contribution in [3.05, 3.63) is 6.42 Å². The van der Waals surface area contributed by atoms with E-state index in [2.05, 4.69) is 43.9 Å². The van der Waals surface area contributed by atoms with Crippen LogP contribution < -0.4 is 0 Å². The Morgan fingerprint density at radius 3 is 1.67 bits per heavy atom. The maximum atomic E-state index is 8.85. The first kappa shape index (κ1) is 15.9. The second-order valence-corrected chi connectivity index (χ2v) is 6.76. The third kappa shape index (κ3) is 2.72. The van der Waals surface area contributed by atoms with E-state index in [1.807, 2.05) is 0 Å². The Kier molecular flexibility index (Phi) is 5.18. The van der Waals surface area contributed by atoms with E-state index in [0.717, 1.165) is 25.7 Å². The minimum atomic E-state index is -0.182. The van der Waals surface area contributed by atoms with E-state index >= 15 is 0 Å². The van der Waals surface area contributed by atoms with Crippen LogP contribution >= 0.6 is 0 Å². The molecule has 1 aliphatic carbocycles. The summed E-state index contributed by atoms with van der Waals surface area (Å²) in [6.45, 7) is 9.06. The molecule has 1 aliphatic rings. The fourth-order valence-corrected chi connectivity index (χ4v) is 3.83. The highest BCUT2D eigenvalue weighted by atomic mass is 17.1. The number of hydrogen-bond acceptors (Lipinski definition) is 4. The van der Waals surface area contributed by atoms with Gasteiger partial charge in [0.15, 0.2) is 0 Å². The van der Waals surface area contributed by atoms with Crippen LogP contribution in [0.15, 0.2) is 0 Å². The average Bonchev–Trinajstić information content (AvgIpc) is 2.29. The first-order chi connectivity index (χ1) is 8.33. The predicted octanol–water partition coefficient (Wildman–Crippen LogP) is 3.78. The molecule has 2 N–H and O–H groups in total. The Morgan fingerprint density at radius 2 is 1.33 bits per heavy atom. The van der Waals surface area contributed by atoms with Crippen LogP contribution in [0.3, 0.4) is 0 Å². The fraction of sp³-hybridized carbons (Fsp3) is 0.929. The van der Waals surface area contributed by atoms with E-state index in [1.54, 1.807) is 0 Å². The minimum absolute atomic E-state index is 0.0276. The molecule has 18 heavy (non-hydrogen) atoms. The first-order valence-electron chi connectivity index (χ1n) is 6.67.